The Kier molecular flexibility index (Phi) is 4.38. The lowest BCUT2D eigenvalue weighted by Gasteiger charge is -2.53. The molecule has 0 aliphatic carbocycles. The number of fused-ring (bicyclic) bond motifs is 4. The van der Waals surface area contributed by atoms with E-state index >= 15 is 0 Å². The number of benzene rings is 2. The van der Waals surface area contributed by atoms with Crippen molar-refractivity contribution in [1.82, 2.24) is 4.90 Å². The van der Waals surface area contributed by atoms with Gasteiger partial charge in [0.15, 0.2) is 5.72 Å². The van der Waals surface area contributed by atoms with Crippen LogP contribution in [0.2, 0.25) is 5.02 Å². The highest BCUT2D eigenvalue weighted by molar-refractivity contribution is 7.12. The van der Waals surface area contributed by atoms with Crippen molar-refractivity contribution in [3.05, 3.63) is 81.0 Å². The van der Waals surface area contributed by atoms with Gasteiger partial charge in [-0.25, -0.2) is 4.79 Å². The Labute approximate surface area is 183 Å². The van der Waals surface area contributed by atoms with Gasteiger partial charge in [0.05, 0.1) is 10.9 Å². The summed E-state index contributed by atoms with van der Waals surface area (Å²) in [5.41, 5.74) is 1.60. The van der Waals surface area contributed by atoms with Gasteiger partial charge in [-0.15, -0.1) is 11.3 Å². The monoisotopic (exact) mass is 438 g/mol. The Bertz CT molecular complexity index is 1150. The third-order valence-electron chi connectivity index (χ3n) is 5.66. The largest absolute Gasteiger partial charge is 0.467 e. The molecule has 1 fully saturated rings. The van der Waals surface area contributed by atoms with Crippen molar-refractivity contribution < 1.29 is 14.3 Å². The first-order valence-corrected chi connectivity index (χ1v) is 10.9. The van der Waals surface area contributed by atoms with Gasteiger partial charge in [-0.3, -0.25) is 14.6 Å². The van der Waals surface area contributed by atoms with Crippen molar-refractivity contribution in [3.8, 4) is 5.75 Å². The summed E-state index contributed by atoms with van der Waals surface area (Å²) in [6.45, 7) is 3.88. The van der Waals surface area contributed by atoms with E-state index in [4.69, 9.17) is 16.3 Å². The number of amides is 3. The van der Waals surface area contributed by atoms with E-state index in [2.05, 4.69) is 0 Å². The van der Waals surface area contributed by atoms with Gasteiger partial charge in [-0.1, -0.05) is 35.4 Å². The lowest BCUT2D eigenvalue weighted by molar-refractivity contribution is 0.00284. The molecule has 0 radical (unpaired) electrons. The minimum absolute atomic E-state index is 0.313. The number of nitrogens with zero attached hydrogens (tertiary/aromatic N) is 2. The number of anilines is 1. The highest BCUT2D eigenvalue weighted by Crippen LogP contribution is 2.50. The topological polar surface area (TPSA) is 49.9 Å². The van der Waals surface area contributed by atoms with Gasteiger partial charge < -0.3 is 4.74 Å². The predicted octanol–water partition coefficient (Wildman–Crippen LogP) is 6.03. The zero-order valence-corrected chi connectivity index (χ0v) is 18.0. The van der Waals surface area contributed by atoms with Crippen LogP contribution >= 0.6 is 22.9 Å². The molecule has 3 heterocycles. The van der Waals surface area contributed by atoms with Crippen LogP contribution in [0.4, 0.5) is 10.5 Å². The Morgan fingerprint density at radius 1 is 1.20 bits per heavy atom. The van der Waals surface area contributed by atoms with Crippen molar-refractivity contribution in [1.29, 1.82) is 0 Å². The lowest BCUT2D eigenvalue weighted by atomic mass is 9.88. The number of hydrogen-bond donors (Lipinski definition) is 0. The number of ether oxygens (including phenoxy) is 1. The van der Waals surface area contributed by atoms with Gasteiger partial charge in [0.2, 0.25) is 0 Å². The van der Waals surface area contributed by atoms with Gasteiger partial charge in [0.1, 0.15) is 5.75 Å². The van der Waals surface area contributed by atoms with Crippen molar-refractivity contribution in [2.75, 3.05) is 4.90 Å². The third kappa shape index (κ3) is 2.90. The van der Waals surface area contributed by atoms with Crippen molar-refractivity contribution in [2.45, 2.75) is 32.0 Å². The number of urea groups is 1. The zero-order valence-electron chi connectivity index (χ0n) is 16.5. The zero-order chi connectivity index (χ0) is 21.0. The summed E-state index contributed by atoms with van der Waals surface area (Å²) in [4.78, 5) is 30.7. The quantitative estimate of drug-likeness (QED) is 0.490. The minimum atomic E-state index is -0.927. The summed E-state index contributed by atoms with van der Waals surface area (Å²) < 4.78 is 6.34. The van der Waals surface area contributed by atoms with E-state index in [1.807, 2.05) is 49.6 Å². The number of thiophene rings is 1. The summed E-state index contributed by atoms with van der Waals surface area (Å²) in [6, 6.07) is 15.7. The summed E-state index contributed by atoms with van der Waals surface area (Å²) >= 11 is 7.56. The molecule has 2 aliphatic heterocycles. The van der Waals surface area contributed by atoms with Gasteiger partial charge >= 0.3 is 6.03 Å². The van der Waals surface area contributed by atoms with E-state index in [9.17, 15) is 9.59 Å². The number of carbonyl (C=O) groups is 2. The van der Waals surface area contributed by atoms with Crippen molar-refractivity contribution >= 4 is 40.6 Å². The number of aryl methyl sites for hydroxylation is 1. The van der Waals surface area contributed by atoms with Crippen LogP contribution < -0.4 is 9.64 Å². The molecule has 5 rings (SSSR count). The molecular formula is C23H19ClN2O3S. The van der Waals surface area contributed by atoms with Crippen LogP contribution in [0.15, 0.2) is 60.0 Å². The third-order valence-corrected chi connectivity index (χ3v) is 6.75. The molecule has 3 aromatic rings. The Balaban J connectivity index is 1.69. The second-order valence-electron chi connectivity index (χ2n) is 7.79. The maximum Gasteiger partial charge on any atom is 0.335 e. The molecule has 0 N–H and O–H groups in total. The number of imide groups is 1. The molecule has 7 heteroatoms. The molecule has 0 unspecified atom stereocenters. The highest BCUT2D eigenvalue weighted by Gasteiger charge is 2.55. The number of hydrogen-bond acceptors (Lipinski definition) is 4. The van der Waals surface area contributed by atoms with Gasteiger partial charge in [-0.05, 0) is 55.6 Å². The van der Waals surface area contributed by atoms with E-state index in [1.54, 1.807) is 29.2 Å². The van der Waals surface area contributed by atoms with Crippen LogP contribution in [-0.2, 0) is 0 Å². The van der Waals surface area contributed by atoms with Crippen LogP contribution in [0.1, 0.15) is 40.2 Å². The molecule has 152 valence electrons. The first-order chi connectivity index (χ1) is 14.4. The lowest BCUT2D eigenvalue weighted by Crippen LogP contribution is -2.67. The van der Waals surface area contributed by atoms with Gasteiger partial charge in [0.25, 0.3) is 5.91 Å². The summed E-state index contributed by atoms with van der Waals surface area (Å²) in [6.07, 6.45) is 0.442. The Hall–Kier alpha value is -2.83. The first-order valence-electron chi connectivity index (χ1n) is 9.64. The maximum absolute atomic E-state index is 13.8. The van der Waals surface area contributed by atoms with Crippen LogP contribution in [-0.4, -0.2) is 22.6 Å². The highest BCUT2D eigenvalue weighted by atomic mass is 35.5. The summed E-state index contributed by atoms with van der Waals surface area (Å²) in [7, 11) is 0. The fourth-order valence-electron chi connectivity index (χ4n) is 4.26. The number of rotatable bonds is 2. The second-order valence-corrected chi connectivity index (χ2v) is 9.17. The van der Waals surface area contributed by atoms with Crippen molar-refractivity contribution in [3.63, 3.8) is 0 Å². The maximum atomic E-state index is 13.8. The minimum Gasteiger partial charge on any atom is -0.467 e. The van der Waals surface area contributed by atoms with Crippen LogP contribution in [0.25, 0.3) is 0 Å². The molecular weight excluding hydrogens is 420 g/mol. The van der Waals surface area contributed by atoms with E-state index in [0.717, 1.165) is 11.1 Å². The fraction of sp³-hybridized carbons (Fsp3) is 0.217. The summed E-state index contributed by atoms with van der Waals surface area (Å²) in [5.74, 6) is 0.318. The SMILES string of the molecule is Cc1ccc(N2C(=O)N(C(=O)c3cccs3)[C@H]3C[C@@]2(C)Oc2ccc(Cl)cc23)cc1. The fourth-order valence-corrected chi connectivity index (χ4v) is 5.10. The molecule has 2 atom stereocenters. The summed E-state index contributed by atoms with van der Waals surface area (Å²) in [5, 5.41) is 2.37. The van der Waals surface area contributed by atoms with E-state index in [1.165, 1.54) is 16.2 Å². The first kappa shape index (κ1) is 19.2. The normalized spacial score (nSPS) is 22.5. The van der Waals surface area contributed by atoms with Crippen LogP contribution in [0.5, 0.6) is 5.75 Å². The molecule has 2 aromatic carbocycles. The average Bonchev–Trinajstić information content (AvgIpc) is 3.24. The molecule has 0 spiro atoms. The molecule has 1 aromatic heterocycles. The van der Waals surface area contributed by atoms with E-state index in [0.29, 0.717) is 27.8 Å². The van der Waals surface area contributed by atoms with Crippen molar-refractivity contribution in [2.24, 2.45) is 0 Å². The average molecular weight is 439 g/mol. The number of halogens is 1. The Morgan fingerprint density at radius 3 is 2.67 bits per heavy atom. The van der Waals surface area contributed by atoms with Crippen LogP contribution in [0, 0.1) is 6.92 Å². The van der Waals surface area contributed by atoms with E-state index < -0.39 is 17.8 Å². The van der Waals surface area contributed by atoms with E-state index in [-0.39, 0.29) is 5.91 Å². The second kappa shape index (κ2) is 6.86. The van der Waals surface area contributed by atoms with Gasteiger partial charge in [0, 0.05) is 22.7 Å². The standard InChI is InChI=1S/C23H19ClN2O3S/c1-14-5-8-16(9-6-14)26-22(28)25(21(27)20-4-3-11-30-20)18-13-23(26,2)29-19-10-7-15(24)12-17(18)19/h3-12,18H,13H2,1-2H3/t18-,23+/m0/s1. The molecule has 5 nitrogen and oxygen atoms in total. The van der Waals surface area contributed by atoms with Crippen LogP contribution in [0.3, 0.4) is 0 Å². The molecule has 2 aliphatic rings. The molecule has 30 heavy (non-hydrogen) atoms. The number of carbonyl (C=O) groups excluding carboxylic acids is 2. The molecule has 3 amide bonds. The predicted molar refractivity (Wildman–Crippen MR) is 117 cm³/mol. The van der Waals surface area contributed by atoms with Gasteiger partial charge in [-0.2, -0.15) is 0 Å². The smallest absolute Gasteiger partial charge is 0.335 e. The molecule has 1 saturated heterocycles. The molecule has 2 bridgehead atoms. The molecule has 0 saturated carbocycles. The Morgan fingerprint density at radius 2 is 1.97 bits per heavy atom.